The van der Waals surface area contributed by atoms with E-state index < -0.39 is 5.41 Å². The van der Waals surface area contributed by atoms with Crippen molar-refractivity contribution in [2.24, 2.45) is 0 Å². The molecule has 1 heterocycles. The maximum absolute atomic E-state index is 7.05. The van der Waals surface area contributed by atoms with Gasteiger partial charge in [0.1, 0.15) is 11.2 Å². The zero-order chi connectivity index (χ0) is 43.3. The van der Waals surface area contributed by atoms with Crippen LogP contribution in [-0.4, -0.2) is 0 Å². The molecule has 12 aromatic rings. The number of anilines is 6. The molecule has 11 aromatic carbocycles. The van der Waals surface area contributed by atoms with E-state index in [1.54, 1.807) is 0 Å². The average molecular weight is 841 g/mol. The number of furan rings is 1. The summed E-state index contributed by atoms with van der Waals surface area (Å²) < 4.78 is 7.05. The number of para-hydroxylation sites is 5. The van der Waals surface area contributed by atoms with Gasteiger partial charge < -0.3 is 14.2 Å². The first-order valence-corrected chi connectivity index (χ1v) is 22.8. The van der Waals surface area contributed by atoms with Crippen molar-refractivity contribution in [3.8, 4) is 22.3 Å². The summed E-state index contributed by atoms with van der Waals surface area (Å²) >= 11 is 0. The highest BCUT2D eigenvalue weighted by molar-refractivity contribution is 6.24. The first-order chi connectivity index (χ1) is 32.8. The Hall–Kier alpha value is -8.66. The maximum atomic E-state index is 7.05. The van der Waals surface area contributed by atoms with Crippen LogP contribution < -0.4 is 9.80 Å². The van der Waals surface area contributed by atoms with Crippen LogP contribution in [0.4, 0.5) is 34.1 Å². The highest BCUT2D eigenvalue weighted by Gasteiger charge is 2.53. The second-order valence-electron chi connectivity index (χ2n) is 17.6. The lowest BCUT2D eigenvalue weighted by Crippen LogP contribution is -2.26. The molecule has 1 aromatic heterocycles. The number of hydrogen-bond donors (Lipinski definition) is 0. The first-order valence-electron chi connectivity index (χ1n) is 22.8. The second-order valence-corrected chi connectivity index (χ2v) is 17.6. The third kappa shape index (κ3) is 5.14. The standard InChI is InChI=1S/C63H40N2O/c1-5-19-43(20-6-1)64(44-21-7-2-8-22-44)47-34-33-41-38-53-56(39-42(41)37-47)63(54-30-16-13-27-48(54)49-28-14-17-31-55(49)63)57-40-58(65(45-23-9-3-10-24-45)46-25-11-4-12-26-46)61-52(60(53)57)36-35-51-50-29-15-18-32-59(50)66-62(51)61/h1-40H. The van der Waals surface area contributed by atoms with Crippen molar-refractivity contribution >= 4 is 77.6 Å². The van der Waals surface area contributed by atoms with Gasteiger partial charge in [-0.3, -0.25) is 0 Å². The Morgan fingerprint density at radius 2 is 0.848 bits per heavy atom. The van der Waals surface area contributed by atoms with Crippen molar-refractivity contribution in [2.45, 2.75) is 5.41 Å². The fourth-order valence-electron chi connectivity index (χ4n) is 11.5. The molecule has 0 unspecified atom stereocenters. The minimum absolute atomic E-state index is 0.620. The van der Waals surface area contributed by atoms with E-state index in [9.17, 15) is 0 Å². The van der Waals surface area contributed by atoms with E-state index in [4.69, 9.17) is 4.42 Å². The Labute approximate surface area is 382 Å². The summed E-state index contributed by atoms with van der Waals surface area (Å²) in [6.45, 7) is 0. The van der Waals surface area contributed by atoms with Gasteiger partial charge in [0.15, 0.2) is 0 Å². The van der Waals surface area contributed by atoms with Crippen LogP contribution in [0.3, 0.4) is 0 Å². The fraction of sp³-hybridized carbons (Fsp3) is 0.0159. The molecular formula is C63H40N2O. The van der Waals surface area contributed by atoms with E-state index >= 15 is 0 Å². The van der Waals surface area contributed by atoms with E-state index in [1.165, 1.54) is 60.7 Å². The maximum Gasteiger partial charge on any atom is 0.145 e. The number of hydrogen-bond acceptors (Lipinski definition) is 3. The van der Waals surface area contributed by atoms with Crippen LogP contribution in [0.25, 0.3) is 65.7 Å². The van der Waals surface area contributed by atoms with Crippen LogP contribution in [0.15, 0.2) is 247 Å². The molecular weight excluding hydrogens is 801 g/mol. The fourth-order valence-corrected chi connectivity index (χ4v) is 11.5. The molecule has 308 valence electrons. The molecule has 2 aliphatic carbocycles. The van der Waals surface area contributed by atoms with Gasteiger partial charge in [0, 0.05) is 44.6 Å². The van der Waals surface area contributed by atoms with Crippen LogP contribution >= 0.6 is 0 Å². The molecule has 0 bridgehead atoms. The second kappa shape index (κ2) is 14.2. The molecule has 0 aliphatic heterocycles. The molecule has 0 atom stereocenters. The summed E-state index contributed by atoms with van der Waals surface area (Å²) in [4.78, 5) is 4.79. The van der Waals surface area contributed by atoms with E-state index in [0.29, 0.717) is 0 Å². The molecule has 0 saturated heterocycles. The van der Waals surface area contributed by atoms with Crippen molar-refractivity contribution < 1.29 is 4.42 Å². The van der Waals surface area contributed by atoms with Crippen LogP contribution in [0.5, 0.6) is 0 Å². The minimum Gasteiger partial charge on any atom is -0.455 e. The Balaban J connectivity index is 1.14. The molecule has 0 saturated carbocycles. The molecule has 3 nitrogen and oxygen atoms in total. The highest BCUT2D eigenvalue weighted by atomic mass is 16.3. The SMILES string of the molecule is c1ccc(N(c2ccccc2)c2ccc3cc4c(cc3c2)C2(c3ccccc3-c3ccccc32)c2cc(N(c3ccccc3)c3ccccc3)c3c(ccc5c6ccccc6oc53)c2-4)cc1. The Bertz CT molecular complexity index is 3750. The molecule has 0 amide bonds. The number of nitrogens with zero attached hydrogens (tertiary/aromatic N) is 2. The monoisotopic (exact) mass is 840 g/mol. The van der Waals surface area contributed by atoms with Crippen molar-refractivity contribution in [3.63, 3.8) is 0 Å². The van der Waals surface area contributed by atoms with Gasteiger partial charge in [-0.05, 0) is 152 Å². The zero-order valence-electron chi connectivity index (χ0n) is 35.9. The van der Waals surface area contributed by atoms with Crippen LogP contribution in [0, 0.1) is 0 Å². The van der Waals surface area contributed by atoms with Gasteiger partial charge in [0.2, 0.25) is 0 Å². The molecule has 3 heteroatoms. The Kier molecular flexibility index (Phi) is 7.90. The molecule has 2 aliphatic rings. The average Bonchev–Trinajstić information content (AvgIpc) is 4.01. The minimum atomic E-state index is -0.620. The molecule has 66 heavy (non-hydrogen) atoms. The van der Waals surface area contributed by atoms with Crippen molar-refractivity contribution in [1.82, 2.24) is 0 Å². The summed E-state index contributed by atoms with van der Waals surface area (Å²) in [6.07, 6.45) is 0. The summed E-state index contributed by atoms with van der Waals surface area (Å²) in [5.41, 5.74) is 18.0. The normalized spacial score (nSPS) is 13.0. The number of fused-ring (bicyclic) bond motifs is 17. The Morgan fingerprint density at radius 1 is 0.318 bits per heavy atom. The van der Waals surface area contributed by atoms with Crippen LogP contribution in [-0.2, 0) is 5.41 Å². The van der Waals surface area contributed by atoms with Gasteiger partial charge in [0.05, 0.1) is 11.1 Å². The molecule has 0 N–H and O–H groups in total. The first kappa shape index (κ1) is 36.8. The predicted octanol–water partition coefficient (Wildman–Crippen LogP) is 17.2. The van der Waals surface area contributed by atoms with E-state index in [1.807, 2.05) is 0 Å². The third-order valence-corrected chi connectivity index (χ3v) is 14.2. The van der Waals surface area contributed by atoms with Crippen molar-refractivity contribution in [3.05, 3.63) is 265 Å². The van der Waals surface area contributed by atoms with Gasteiger partial charge in [-0.1, -0.05) is 152 Å². The van der Waals surface area contributed by atoms with Gasteiger partial charge in [0.25, 0.3) is 0 Å². The summed E-state index contributed by atoms with van der Waals surface area (Å²) in [6, 6.07) is 88.8. The van der Waals surface area contributed by atoms with Crippen LogP contribution in [0.2, 0.25) is 0 Å². The van der Waals surface area contributed by atoms with E-state index in [-0.39, 0.29) is 0 Å². The van der Waals surface area contributed by atoms with Gasteiger partial charge in [-0.15, -0.1) is 0 Å². The Morgan fingerprint density at radius 3 is 1.47 bits per heavy atom. The summed E-state index contributed by atoms with van der Waals surface area (Å²) in [7, 11) is 0. The summed E-state index contributed by atoms with van der Waals surface area (Å²) in [5, 5.41) is 6.87. The quantitative estimate of drug-likeness (QED) is 0.166. The lowest BCUT2D eigenvalue weighted by Gasteiger charge is -2.33. The van der Waals surface area contributed by atoms with E-state index in [2.05, 4.69) is 252 Å². The summed E-state index contributed by atoms with van der Waals surface area (Å²) in [5.74, 6) is 0. The van der Waals surface area contributed by atoms with Crippen molar-refractivity contribution in [1.29, 1.82) is 0 Å². The van der Waals surface area contributed by atoms with Gasteiger partial charge in [-0.2, -0.15) is 0 Å². The lowest BCUT2D eigenvalue weighted by atomic mass is 9.70. The highest BCUT2D eigenvalue weighted by Crippen LogP contribution is 2.66. The third-order valence-electron chi connectivity index (χ3n) is 14.2. The molecule has 14 rings (SSSR count). The zero-order valence-corrected chi connectivity index (χ0v) is 35.9. The molecule has 1 spiro atoms. The predicted molar refractivity (Wildman–Crippen MR) is 274 cm³/mol. The van der Waals surface area contributed by atoms with Gasteiger partial charge in [-0.25, -0.2) is 0 Å². The topological polar surface area (TPSA) is 19.6 Å². The lowest BCUT2D eigenvalue weighted by molar-refractivity contribution is 0.672. The largest absolute Gasteiger partial charge is 0.455 e. The number of benzene rings is 11. The molecule has 0 radical (unpaired) electrons. The van der Waals surface area contributed by atoms with Crippen LogP contribution in [0.1, 0.15) is 22.3 Å². The van der Waals surface area contributed by atoms with E-state index in [0.717, 1.165) is 61.4 Å². The number of rotatable bonds is 6. The van der Waals surface area contributed by atoms with Gasteiger partial charge >= 0.3 is 0 Å². The van der Waals surface area contributed by atoms with Crippen molar-refractivity contribution in [2.75, 3.05) is 9.80 Å². The molecule has 0 fully saturated rings. The smallest absolute Gasteiger partial charge is 0.145 e.